The van der Waals surface area contributed by atoms with E-state index in [2.05, 4.69) is 0 Å². The average molecular weight is 802 g/mol. The van der Waals surface area contributed by atoms with Gasteiger partial charge in [-0.25, -0.2) is 0 Å². The lowest BCUT2D eigenvalue weighted by atomic mass is 9.78. The fraction of sp³-hybridized carbons (Fsp3) is 0.829. The zero-order chi connectivity index (χ0) is 41.2. The first-order valence-electron chi connectivity index (χ1n) is 19.8. The second kappa shape index (κ2) is 22.7. The number of aldehydes is 1. The van der Waals surface area contributed by atoms with Gasteiger partial charge in [0.15, 0.2) is 12.6 Å². The number of cyclic esters (lactones) is 1. The van der Waals surface area contributed by atoms with E-state index >= 15 is 0 Å². The predicted molar refractivity (Wildman–Crippen MR) is 207 cm³/mol. The van der Waals surface area contributed by atoms with Crippen molar-refractivity contribution < 1.29 is 68.3 Å². The highest BCUT2D eigenvalue weighted by molar-refractivity contribution is 5.70. The van der Waals surface area contributed by atoms with Crippen molar-refractivity contribution in [2.75, 3.05) is 21.2 Å². The molecule has 0 radical (unpaired) electrons. The van der Waals surface area contributed by atoms with Crippen molar-refractivity contribution in [1.82, 2.24) is 4.90 Å². The number of methoxy groups -OCH3 is 1. The molecule has 3 aliphatic heterocycles. The molecule has 10 unspecified atom stereocenters. The van der Waals surface area contributed by atoms with Crippen LogP contribution in [0.2, 0.25) is 0 Å². The maximum absolute atomic E-state index is 12.9. The minimum absolute atomic E-state index is 0. The van der Waals surface area contributed by atoms with Crippen molar-refractivity contribution in [3.8, 4) is 0 Å². The van der Waals surface area contributed by atoms with E-state index in [-0.39, 0.29) is 36.1 Å². The molecule has 0 aromatic rings. The number of esters is 2. The summed E-state index contributed by atoms with van der Waals surface area (Å²) in [5.74, 6) is -1.73. The third-order valence-corrected chi connectivity index (χ3v) is 10.9. The molecule has 3 heterocycles. The first-order chi connectivity index (χ1) is 25.8. The van der Waals surface area contributed by atoms with Crippen LogP contribution < -0.4 is 0 Å². The Morgan fingerprint density at radius 1 is 1.02 bits per heavy atom. The van der Waals surface area contributed by atoms with Crippen LogP contribution in [0.1, 0.15) is 93.9 Å². The third kappa shape index (κ3) is 13.9. The molecule has 15 atom stereocenters. The van der Waals surface area contributed by atoms with Crippen LogP contribution in [0, 0.1) is 23.2 Å². The number of likely N-dealkylation sites (N-methyl/N-ethyl adjacent to an activating group) is 1. The van der Waals surface area contributed by atoms with E-state index in [0.29, 0.717) is 19.3 Å². The molecular weight excluding hydrogens is 730 g/mol. The Kier molecular flexibility index (Phi) is 20.2. The van der Waals surface area contributed by atoms with Gasteiger partial charge in [-0.15, -0.1) is 0 Å². The van der Waals surface area contributed by atoms with Crippen molar-refractivity contribution in [2.24, 2.45) is 23.2 Å². The number of hydrogen-bond acceptors (Lipinski definition) is 14. The first-order valence-corrected chi connectivity index (χ1v) is 19.8. The van der Waals surface area contributed by atoms with Gasteiger partial charge in [-0.3, -0.25) is 9.59 Å². The number of allylic oxidation sites excluding steroid dienone is 2. The number of aliphatic hydroxyl groups is 3. The first kappa shape index (κ1) is 49.8. The normalized spacial score (nSPS) is 39.9. The van der Waals surface area contributed by atoms with Crippen molar-refractivity contribution in [3.63, 3.8) is 0 Å². The zero-order valence-corrected chi connectivity index (χ0v) is 35.2. The molecule has 0 bridgehead atoms. The summed E-state index contributed by atoms with van der Waals surface area (Å²) >= 11 is 0. The molecule has 15 nitrogen and oxygen atoms in total. The van der Waals surface area contributed by atoms with E-state index < -0.39 is 103 Å². The minimum Gasteiger partial charge on any atom is -0.462 e. The van der Waals surface area contributed by atoms with Gasteiger partial charge in [0.05, 0.1) is 43.0 Å². The molecule has 2 saturated heterocycles. The maximum atomic E-state index is 12.9. The molecule has 324 valence electrons. The van der Waals surface area contributed by atoms with Crippen LogP contribution >= 0.6 is 0 Å². The van der Waals surface area contributed by atoms with Gasteiger partial charge in [-0.2, -0.15) is 0 Å². The zero-order valence-electron chi connectivity index (χ0n) is 35.2. The number of carbonyl (C=O) groups excluding carboxylic acids is 3. The largest absolute Gasteiger partial charge is 0.462 e. The highest BCUT2D eigenvalue weighted by Gasteiger charge is 2.52. The summed E-state index contributed by atoms with van der Waals surface area (Å²) in [6.45, 7) is 15.2. The van der Waals surface area contributed by atoms with Crippen LogP contribution in [-0.4, -0.2) is 145 Å². The Labute approximate surface area is 333 Å². The second-order valence-electron chi connectivity index (χ2n) is 17.0. The van der Waals surface area contributed by atoms with E-state index in [1.54, 1.807) is 46.2 Å². The monoisotopic (exact) mass is 801 g/mol. The molecule has 0 aromatic carbocycles. The molecule has 0 spiro atoms. The maximum Gasteiger partial charge on any atom is 0.308 e. The van der Waals surface area contributed by atoms with Crippen LogP contribution in [0.3, 0.4) is 0 Å². The van der Waals surface area contributed by atoms with E-state index in [0.717, 1.165) is 6.29 Å². The smallest absolute Gasteiger partial charge is 0.308 e. The summed E-state index contributed by atoms with van der Waals surface area (Å²) < 4.78 is 43.1. The van der Waals surface area contributed by atoms with Gasteiger partial charge in [-0.1, -0.05) is 58.9 Å². The lowest BCUT2D eigenvalue weighted by Crippen LogP contribution is -2.65. The van der Waals surface area contributed by atoms with Crippen LogP contribution in [0.15, 0.2) is 24.3 Å². The lowest BCUT2D eigenvalue weighted by Gasteiger charge is -2.50. The van der Waals surface area contributed by atoms with Gasteiger partial charge in [0.1, 0.15) is 36.8 Å². The number of aliphatic hydroxyl groups excluding tert-OH is 3. The average Bonchev–Trinajstić information content (AvgIpc) is 3.06. The molecular formula is C41H71NO14. The molecule has 3 rings (SSSR count). The Balaban J connectivity index is 0.0000108. The predicted octanol–water partition coefficient (Wildman–Crippen LogP) is 2.89. The number of ether oxygens (including phenoxy) is 7. The summed E-state index contributed by atoms with van der Waals surface area (Å²) in [6, 6.07) is -0.672. The van der Waals surface area contributed by atoms with Crippen molar-refractivity contribution >= 4 is 18.2 Å². The van der Waals surface area contributed by atoms with Gasteiger partial charge >= 0.3 is 11.9 Å². The third-order valence-electron chi connectivity index (χ3n) is 10.9. The standard InChI is InChI=1S/C41H69NO13.H2O/c1-23(2)19-31(46)53-39-27(6)51-33(22-41(39,7)8)54-36-26(5)52-40(35(48)34(36)42(9)10)55-37-28(17-18-43)20-24(3)29(44)16-14-12-13-15-25(4)50-32(47)21-30(45)38(37)49-11;/h12-14,16,18,23-30,33-40,44-45,48H,15,17,19-22H2,1-11H3;1H2/b13-12+,16-14+;/t24-,25-,26?,27?,28?,29?,30-,33?,34?,35?,36?,37+,38+,39?,40?;/m1./s1. The Bertz CT molecular complexity index is 1270. The number of carbonyl (C=O) groups is 3. The minimum atomic E-state index is -1.41. The molecule has 56 heavy (non-hydrogen) atoms. The fourth-order valence-electron chi connectivity index (χ4n) is 8.03. The molecule has 0 saturated carbocycles. The topological polar surface area (TPSA) is 211 Å². The number of hydrogen-bond donors (Lipinski definition) is 3. The Morgan fingerprint density at radius 3 is 2.29 bits per heavy atom. The molecule has 15 heteroatoms. The van der Waals surface area contributed by atoms with Gasteiger partial charge in [-0.05, 0) is 59.0 Å². The quantitative estimate of drug-likeness (QED) is 0.203. The highest BCUT2D eigenvalue weighted by Crippen LogP contribution is 2.41. The van der Waals surface area contributed by atoms with Gasteiger partial charge < -0.3 is 63.6 Å². The van der Waals surface area contributed by atoms with E-state index in [9.17, 15) is 29.7 Å². The van der Waals surface area contributed by atoms with E-state index in [4.69, 9.17) is 33.2 Å². The van der Waals surface area contributed by atoms with Gasteiger partial charge in [0.2, 0.25) is 0 Å². The summed E-state index contributed by atoms with van der Waals surface area (Å²) in [5.41, 5.74) is -0.485. The molecule has 2 fully saturated rings. The Morgan fingerprint density at radius 2 is 1.70 bits per heavy atom. The summed E-state index contributed by atoms with van der Waals surface area (Å²) in [6.07, 6.45) is -1.85. The SMILES string of the molecule is CO[C@H]1[C@H](O)CC(=O)O[C@H](C)C/C=C/C=C/C(O)[C@H](C)CC(CC=O)[C@@H]1OC1OC(C)C(OC2CC(C)(C)C(OC(=O)CC(C)C)C(C)O2)C(N(C)C)C1O.O. The molecule has 0 amide bonds. The molecule has 0 aliphatic carbocycles. The summed E-state index contributed by atoms with van der Waals surface area (Å²) in [4.78, 5) is 39.5. The Hall–Kier alpha value is -2.31. The second-order valence-corrected chi connectivity index (χ2v) is 17.0. The van der Waals surface area contributed by atoms with Gasteiger partial charge in [0.25, 0.3) is 0 Å². The summed E-state index contributed by atoms with van der Waals surface area (Å²) in [7, 11) is 4.98. The van der Waals surface area contributed by atoms with Crippen molar-refractivity contribution in [3.05, 3.63) is 24.3 Å². The van der Waals surface area contributed by atoms with Crippen molar-refractivity contribution in [2.45, 2.75) is 174 Å². The molecule has 5 N–H and O–H groups in total. The van der Waals surface area contributed by atoms with Crippen LogP contribution in [0.4, 0.5) is 0 Å². The van der Waals surface area contributed by atoms with Crippen molar-refractivity contribution in [1.29, 1.82) is 0 Å². The van der Waals surface area contributed by atoms with Crippen LogP contribution in [0.5, 0.6) is 0 Å². The van der Waals surface area contributed by atoms with Crippen LogP contribution in [0.25, 0.3) is 0 Å². The lowest BCUT2D eigenvalue weighted by molar-refractivity contribution is -0.340. The van der Waals surface area contributed by atoms with E-state index in [1.807, 2.05) is 52.5 Å². The number of rotatable bonds is 11. The molecule has 3 aliphatic rings. The fourth-order valence-corrected chi connectivity index (χ4v) is 8.03. The molecule has 0 aromatic heterocycles. The summed E-state index contributed by atoms with van der Waals surface area (Å²) in [5, 5.41) is 34.4. The van der Waals surface area contributed by atoms with Crippen LogP contribution in [-0.2, 0) is 47.5 Å². The van der Waals surface area contributed by atoms with E-state index in [1.165, 1.54) is 7.11 Å². The highest BCUT2D eigenvalue weighted by atomic mass is 16.7. The number of nitrogens with zero attached hydrogens (tertiary/aromatic N) is 1. The van der Waals surface area contributed by atoms with Gasteiger partial charge in [0, 0.05) is 38.2 Å².